The first kappa shape index (κ1) is 22.2. The minimum Gasteiger partial charge on any atom is -0.494 e. The summed E-state index contributed by atoms with van der Waals surface area (Å²) in [5, 5.41) is 25.3. The zero-order valence-electron chi connectivity index (χ0n) is 17.1. The van der Waals surface area contributed by atoms with Crippen LogP contribution in [0.4, 0.5) is 34.4 Å². The molecule has 12 heteroatoms. The number of hydrogen-bond acceptors (Lipinski definition) is 10. The number of nitrogens with one attached hydrogen (secondary N) is 3. The highest BCUT2D eigenvalue weighted by Gasteiger charge is 2.23. The minimum absolute atomic E-state index is 0.00218. The predicted octanol–water partition coefficient (Wildman–Crippen LogP) is 4.65. The van der Waals surface area contributed by atoms with Crippen molar-refractivity contribution in [3.8, 4) is 5.75 Å². The standard InChI is InChI=1S/C20H21N7O5/c1-2-3-12-32-17-10-6-14(7-11-17)23-19-18(27(30)31)20(22-13-21-19)25-24-15-4-8-16(9-5-15)26(28)29/h4-11,13,24H,2-3,12H2,1H3,(H2,21,22,23,25). The Hall–Kier alpha value is -4.48. The molecule has 0 aliphatic carbocycles. The average molecular weight is 439 g/mol. The number of unbranched alkanes of at least 4 members (excludes halogenated alkanes) is 1. The van der Waals surface area contributed by atoms with Gasteiger partial charge in [-0.3, -0.25) is 31.1 Å². The van der Waals surface area contributed by atoms with Crippen molar-refractivity contribution < 1.29 is 14.6 Å². The highest BCUT2D eigenvalue weighted by atomic mass is 16.6. The van der Waals surface area contributed by atoms with Gasteiger partial charge in [0.05, 0.1) is 22.1 Å². The molecule has 0 saturated carbocycles. The Labute approximate surface area is 182 Å². The fourth-order valence-electron chi connectivity index (χ4n) is 2.64. The molecule has 2 aromatic carbocycles. The molecule has 166 valence electrons. The molecule has 3 N–H and O–H groups in total. The predicted molar refractivity (Wildman–Crippen MR) is 119 cm³/mol. The van der Waals surface area contributed by atoms with Gasteiger partial charge in [0, 0.05) is 17.8 Å². The van der Waals surface area contributed by atoms with Gasteiger partial charge in [-0.05, 0) is 42.8 Å². The number of nitro benzene ring substituents is 1. The Morgan fingerprint density at radius 1 is 0.875 bits per heavy atom. The lowest BCUT2D eigenvalue weighted by Gasteiger charge is -2.12. The second kappa shape index (κ2) is 10.5. The van der Waals surface area contributed by atoms with Crippen LogP contribution in [0.5, 0.6) is 5.75 Å². The number of anilines is 4. The van der Waals surface area contributed by atoms with Crippen molar-refractivity contribution in [2.75, 3.05) is 22.8 Å². The number of nitro groups is 2. The summed E-state index contributed by atoms with van der Waals surface area (Å²) < 4.78 is 5.61. The Kier molecular flexibility index (Phi) is 7.30. The summed E-state index contributed by atoms with van der Waals surface area (Å²) in [6.45, 7) is 2.70. The van der Waals surface area contributed by atoms with E-state index in [2.05, 4.69) is 33.1 Å². The molecule has 3 aromatic rings. The highest BCUT2D eigenvalue weighted by molar-refractivity contribution is 5.74. The summed E-state index contributed by atoms with van der Waals surface area (Å²) in [4.78, 5) is 29.2. The lowest BCUT2D eigenvalue weighted by Crippen LogP contribution is -2.13. The van der Waals surface area contributed by atoms with Crippen molar-refractivity contribution in [3.05, 3.63) is 75.1 Å². The van der Waals surface area contributed by atoms with Gasteiger partial charge in [0.25, 0.3) is 5.69 Å². The summed E-state index contributed by atoms with van der Waals surface area (Å²) >= 11 is 0. The lowest BCUT2D eigenvalue weighted by atomic mass is 10.3. The summed E-state index contributed by atoms with van der Waals surface area (Å²) in [5.74, 6) is 0.624. The molecule has 0 radical (unpaired) electrons. The second-order valence-electron chi connectivity index (χ2n) is 6.58. The average Bonchev–Trinajstić information content (AvgIpc) is 2.79. The van der Waals surface area contributed by atoms with E-state index in [-0.39, 0.29) is 23.0 Å². The van der Waals surface area contributed by atoms with Gasteiger partial charge in [0.1, 0.15) is 12.1 Å². The van der Waals surface area contributed by atoms with Crippen LogP contribution in [0.25, 0.3) is 0 Å². The number of non-ortho nitro benzene ring substituents is 1. The van der Waals surface area contributed by atoms with Crippen LogP contribution in [0.15, 0.2) is 54.9 Å². The third kappa shape index (κ3) is 5.78. The van der Waals surface area contributed by atoms with Crippen LogP contribution in [0.2, 0.25) is 0 Å². The summed E-state index contributed by atoms with van der Waals surface area (Å²) in [7, 11) is 0. The zero-order valence-corrected chi connectivity index (χ0v) is 17.1. The van der Waals surface area contributed by atoms with E-state index in [1.165, 1.54) is 30.6 Å². The van der Waals surface area contributed by atoms with Gasteiger partial charge in [-0.15, -0.1) is 0 Å². The topological polar surface area (TPSA) is 157 Å². The van der Waals surface area contributed by atoms with Crippen LogP contribution in [0.1, 0.15) is 19.8 Å². The molecule has 0 amide bonds. The number of rotatable bonds is 11. The van der Waals surface area contributed by atoms with E-state index >= 15 is 0 Å². The van der Waals surface area contributed by atoms with Crippen LogP contribution in [0, 0.1) is 20.2 Å². The molecule has 32 heavy (non-hydrogen) atoms. The van der Waals surface area contributed by atoms with Crippen LogP contribution in [0.3, 0.4) is 0 Å². The number of nitrogens with zero attached hydrogens (tertiary/aromatic N) is 4. The van der Waals surface area contributed by atoms with Crippen LogP contribution in [-0.4, -0.2) is 26.4 Å². The number of aromatic nitrogens is 2. The molecule has 12 nitrogen and oxygen atoms in total. The fraction of sp³-hybridized carbons (Fsp3) is 0.200. The summed E-state index contributed by atoms with van der Waals surface area (Å²) in [6, 6.07) is 12.5. The molecular formula is C20H21N7O5. The fourth-order valence-corrected chi connectivity index (χ4v) is 2.64. The van der Waals surface area contributed by atoms with Crippen molar-refractivity contribution in [1.82, 2.24) is 9.97 Å². The summed E-state index contributed by atoms with van der Waals surface area (Å²) in [6.07, 6.45) is 3.17. The molecule has 1 aromatic heterocycles. The van der Waals surface area contributed by atoms with Crippen molar-refractivity contribution in [2.45, 2.75) is 19.8 Å². The minimum atomic E-state index is -0.607. The largest absolute Gasteiger partial charge is 0.494 e. The third-order valence-electron chi connectivity index (χ3n) is 4.29. The molecule has 0 bridgehead atoms. The molecule has 0 fully saturated rings. The van der Waals surface area contributed by atoms with Gasteiger partial charge in [-0.1, -0.05) is 13.3 Å². The van der Waals surface area contributed by atoms with E-state index in [1.54, 1.807) is 24.3 Å². The van der Waals surface area contributed by atoms with Gasteiger partial charge in [0.2, 0.25) is 11.6 Å². The zero-order chi connectivity index (χ0) is 22.9. The number of hydrogen-bond donors (Lipinski definition) is 3. The number of ether oxygens (including phenoxy) is 1. The van der Waals surface area contributed by atoms with Gasteiger partial charge in [-0.25, -0.2) is 9.97 Å². The first-order valence-corrected chi connectivity index (χ1v) is 9.73. The van der Waals surface area contributed by atoms with Crippen LogP contribution in [-0.2, 0) is 0 Å². The van der Waals surface area contributed by atoms with Crippen molar-refractivity contribution in [1.29, 1.82) is 0 Å². The molecule has 0 atom stereocenters. The SMILES string of the molecule is CCCCOc1ccc(Nc2ncnc(NNc3ccc([N+](=O)[O-])cc3)c2[N+](=O)[O-])cc1. The first-order valence-electron chi connectivity index (χ1n) is 9.73. The highest BCUT2D eigenvalue weighted by Crippen LogP contribution is 2.31. The van der Waals surface area contributed by atoms with Crippen molar-refractivity contribution in [3.63, 3.8) is 0 Å². The smallest absolute Gasteiger partial charge is 0.355 e. The van der Waals surface area contributed by atoms with Gasteiger partial charge >= 0.3 is 5.69 Å². The van der Waals surface area contributed by atoms with E-state index in [0.29, 0.717) is 23.7 Å². The van der Waals surface area contributed by atoms with E-state index in [9.17, 15) is 20.2 Å². The maximum Gasteiger partial charge on any atom is 0.355 e. The first-order chi connectivity index (χ1) is 15.5. The summed E-state index contributed by atoms with van der Waals surface area (Å²) in [5.41, 5.74) is 5.98. The lowest BCUT2D eigenvalue weighted by molar-refractivity contribution is -0.384. The molecule has 0 aliphatic heterocycles. The quantitative estimate of drug-likeness (QED) is 0.218. The van der Waals surface area contributed by atoms with E-state index < -0.39 is 9.85 Å². The Morgan fingerprint density at radius 3 is 2.16 bits per heavy atom. The maximum atomic E-state index is 11.7. The monoisotopic (exact) mass is 439 g/mol. The maximum absolute atomic E-state index is 11.7. The molecule has 0 saturated heterocycles. The van der Waals surface area contributed by atoms with Crippen molar-refractivity contribution in [2.24, 2.45) is 0 Å². The Balaban J connectivity index is 1.73. The normalized spacial score (nSPS) is 10.3. The number of benzene rings is 2. The van der Waals surface area contributed by atoms with Gasteiger partial charge < -0.3 is 10.1 Å². The molecular weight excluding hydrogens is 418 g/mol. The molecule has 3 rings (SSSR count). The van der Waals surface area contributed by atoms with Gasteiger partial charge in [-0.2, -0.15) is 0 Å². The van der Waals surface area contributed by atoms with E-state index in [0.717, 1.165) is 12.8 Å². The molecule has 0 spiro atoms. The molecule has 0 unspecified atom stereocenters. The van der Waals surface area contributed by atoms with E-state index in [4.69, 9.17) is 4.74 Å². The third-order valence-corrected chi connectivity index (χ3v) is 4.29. The van der Waals surface area contributed by atoms with Gasteiger partial charge in [0.15, 0.2) is 0 Å². The molecule has 0 aliphatic rings. The number of hydrazine groups is 1. The second-order valence-corrected chi connectivity index (χ2v) is 6.58. The van der Waals surface area contributed by atoms with E-state index in [1.807, 2.05) is 0 Å². The van der Waals surface area contributed by atoms with Crippen LogP contribution >= 0.6 is 0 Å². The van der Waals surface area contributed by atoms with Crippen LogP contribution < -0.4 is 20.9 Å². The Bertz CT molecular complexity index is 1070. The Morgan fingerprint density at radius 2 is 1.53 bits per heavy atom. The molecule has 1 heterocycles. The van der Waals surface area contributed by atoms with Crippen molar-refractivity contribution >= 4 is 34.4 Å².